The maximum absolute atomic E-state index is 12.3. The lowest BCUT2D eigenvalue weighted by Crippen LogP contribution is -2.47. The average Bonchev–Trinajstić information content (AvgIpc) is 2.79. The van der Waals surface area contributed by atoms with Crippen LogP contribution < -0.4 is 10.6 Å². The van der Waals surface area contributed by atoms with Gasteiger partial charge in [0.25, 0.3) is 0 Å². The Morgan fingerprint density at radius 3 is 2.82 bits per heavy atom. The van der Waals surface area contributed by atoms with Gasteiger partial charge in [0.05, 0.1) is 17.8 Å². The molecule has 0 aliphatic carbocycles. The lowest BCUT2D eigenvalue weighted by atomic mass is 10.1. The third kappa shape index (κ3) is 4.30. The second-order valence-corrected chi connectivity index (χ2v) is 7.16. The first-order chi connectivity index (χ1) is 10.3. The van der Waals surface area contributed by atoms with E-state index >= 15 is 0 Å². The largest absolute Gasteiger partial charge is 0.316 e. The van der Waals surface area contributed by atoms with Crippen molar-refractivity contribution in [3.63, 3.8) is 0 Å². The van der Waals surface area contributed by atoms with Gasteiger partial charge in [-0.15, -0.1) is 0 Å². The molecule has 1 aliphatic heterocycles. The molecular weight excluding hydrogens is 278 g/mol. The number of carbonyl (C=O) groups excluding carboxylic acids is 1. The number of carbonyl (C=O) groups is 1. The fraction of sp³-hybridized carbons (Fsp3) is 0.750. The average molecular weight is 307 g/mol. The lowest BCUT2D eigenvalue weighted by molar-refractivity contribution is -0.117. The van der Waals surface area contributed by atoms with Crippen LogP contribution in [0.5, 0.6) is 0 Å². The molecule has 1 unspecified atom stereocenters. The number of anilines is 1. The highest BCUT2D eigenvalue weighted by molar-refractivity contribution is 5.91. The molecule has 0 saturated carbocycles. The molecule has 1 aromatic rings. The van der Waals surface area contributed by atoms with E-state index in [0.29, 0.717) is 12.6 Å². The number of hydrogen-bond donors (Lipinski definition) is 2. The summed E-state index contributed by atoms with van der Waals surface area (Å²) in [7, 11) is 1.99. The Hall–Kier alpha value is -1.40. The Morgan fingerprint density at radius 1 is 1.45 bits per heavy atom. The van der Waals surface area contributed by atoms with Crippen molar-refractivity contribution < 1.29 is 4.79 Å². The monoisotopic (exact) mass is 307 g/mol. The van der Waals surface area contributed by atoms with Gasteiger partial charge in [-0.3, -0.25) is 9.69 Å². The van der Waals surface area contributed by atoms with Crippen LogP contribution in [0, 0.1) is 6.92 Å². The van der Waals surface area contributed by atoms with Gasteiger partial charge in [-0.2, -0.15) is 5.10 Å². The van der Waals surface area contributed by atoms with E-state index in [2.05, 4.69) is 41.4 Å². The van der Waals surface area contributed by atoms with E-state index < -0.39 is 0 Å². The van der Waals surface area contributed by atoms with Crippen LogP contribution in [0.25, 0.3) is 0 Å². The number of likely N-dealkylation sites (tertiary alicyclic amines) is 1. The Labute approximate surface area is 133 Å². The van der Waals surface area contributed by atoms with Crippen LogP contribution in [-0.2, 0) is 10.3 Å². The van der Waals surface area contributed by atoms with Crippen molar-refractivity contribution >= 4 is 11.7 Å². The molecule has 2 rings (SSSR count). The minimum absolute atomic E-state index is 0.0298. The second-order valence-electron chi connectivity index (χ2n) is 7.16. The van der Waals surface area contributed by atoms with Gasteiger partial charge in [-0.05, 0) is 54.1 Å². The van der Waals surface area contributed by atoms with Crippen molar-refractivity contribution in [1.82, 2.24) is 20.0 Å². The van der Waals surface area contributed by atoms with E-state index in [4.69, 9.17) is 0 Å². The van der Waals surface area contributed by atoms with Crippen LogP contribution in [0.2, 0.25) is 0 Å². The molecule has 6 heteroatoms. The number of rotatable bonds is 4. The van der Waals surface area contributed by atoms with Gasteiger partial charge in [0, 0.05) is 18.7 Å². The van der Waals surface area contributed by atoms with Crippen molar-refractivity contribution in [2.45, 2.75) is 52.1 Å². The van der Waals surface area contributed by atoms with E-state index in [1.165, 1.54) is 6.42 Å². The number of likely N-dealkylation sites (N-methyl/N-ethyl adjacent to an activating group) is 1. The van der Waals surface area contributed by atoms with Gasteiger partial charge in [-0.25, -0.2) is 4.68 Å². The standard InChI is InChI=1S/C16H29N5O/c1-12-9-14(21(19-12)16(2,3)4)18-15(22)11-20-8-6-7-13(10-20)17-5/h9,13,17H,6-8,10-11H2,1-5H3,(H,18,22). The molecule has 1 saturated heterocycles. The van der Waals surface area contributed by atoms with Crippen LogP contribution in [0.15, 0.2) is 6.07 Å². The minimum Gasteiger partial charge on any atom is -0.316 e. The molecule has 1 amide bonds. The highest BCUT2D eigenvalue weighted by Gasteiger charge is 2.23. The van der Waals surface area contributed by atoms with Crippen molar-refractivity contribution in [1.29, 1.82) is 0 Å². The Kier molecular flexibility index (Phi) is 5.24. The first-order valence-corrected chi connectivity index (χ1v) is 8.06. The van der Waals surface area contributed by atoms with Crippen LogP contribution in [0.1, 0.15) is 39.3 Å². The van der Waals surface area contributed by atoms with Crippen molar-refractivity contribution in [3.05, 3.63) is 11.8 Å². The summed E-state index contributed by atoms with van der Waals surface area (Å²) in [5.41, 5.74) is 0.762. The van der Waals surface area contributed by atoms with Gasteiger partial charge < -0.3 is 10.6 Å². The predicted octanol–water partition coefficient (Wildman–Crippen LogP) is 1.57. The smallest absolute Gasteiger partial charge is 0.239 e. The first kappa shape index (κ1) is 17.0. The maximum atomic E-state index is 12.3. The Bertz CT molecular complexity index is 517. The fourth-order valence-corrected chi connectivity index (χ4v) is 2.92. The molecule has 6 nitrogen and oxygen atoms in total. The molecule has 2 heterocycles. The van der Waals surface area contributed by atoms with E-state index in [1.54, 1.807) is 0 Å². The SMILES string of the molecule is CNC1CCCN(CC(=O)Nc2cc(C)nn2C(C)(C)C)C1. The maximum Gasteiger partial charge on any atom is 0.239 e. The van der Waals surface area contributed by atoms with E-state index in [-0.39, 0.29) is 11.4 Å². The second kappa shape index (κ2) is 6.79. The number of amides is 1. The van der Waals surface area contributed by atoms with Crippen molar-refractivity contribution in [2.24, 2.45) is 0 Å². The summed E-state index contributed by atoms with van der Waals surface area (Å²) < 4.78 is 1.88. The molecule has 0 aromatic carbocycles. The van der Waals surface area contributed by atoms with Crippen LogP contribution in [-0.4, -0.2) is 53.3 Å². The zero-order valence-electron chi connectivity index (χ0n) is 14.4. The van der Waals surface area contributed by atoms with Gasteiger partial charge in [0.2, 0.25) is 5.91 Å². The number of hydrogen-bond acceptors (Lipinski definition) is 4. The first-order valence-electron chi connectivity index (χ1n) is 8.06. The summed E-state index contributed by atoms with van der Waals surface area (Å²) in [6, 6.07) is 2.42. The number of nitrogens with one attached hydrogen (secondary N) is 2. The molecule has 0 bridgehead atoms. The Balaban J connectivity index is 1.98. The van der Waals surface area contributed by atoms with Crippen LogP contribution >= 0.6 is 0 Å². The molecular formula is C16H29N5O. The van der Waals surface area contributed by atoms with Crippen LogP contribution in [0.3, 0.4) is 0 Å². The van der Waals surface area contributed by atoms with Gasteiger partial charge in [-0.1, -0.05) is 0 Å². The van der Waals surface area contributed by atoms with Crippen LogP contribution in [0.4, 0.5) is 5.82 Å². The third-order valence-electron chi connectivity index (χ3n) is 4.02. The minimum atomic E-state index is -0.154. The summed E-state index contributed by atoms with van der Waals surface area (Å²) in [6.07, 6.45) is 2.32. The zero-order chi connectivity index (χ0) is 16.3. The van der Waals surface area contributed by atoms with E-state index in [9.17, 15) is 4.79 Å². The lowest BCUT2D eigenvalue weighted by Gasteiger charge is -2.32. The normalized spacial score (nSPS) is 20.1. The quantitative estimate of drug-likeness (QED) is 0.886. The molecule has 2 N–H and O–H groups in total. The molecule has 0 spiro atoms. The highest BCUT2D eigenvalue weighted by Crippen LogP contribution is 2.21. The summed E-state index contributed by atoms with van der Waals surface area (Å²) in [4.78, 5) is 14.6. The number of piperidine rings is 1. The number of nitrogens with zero attached hydrogens (tertiary/aromatic N) is 3. The fourth-order valence-electron chi connectivity index (χ4n) is 2.92. The molecule has 0 radical (unpaired) electrons. The highest BCUT2D eigenvalue weighted by atomic mass is 16.2. The zero-order valence-corrected chi connectivity index (χ0v) is 14.4. The van der Waals surface area contributed by atoms with E-state index in [1.807, 2.05) is 24.7 Å². The van der Waals surface area contributed by atoms with Crippen molar-refractivity contribution in [2.75, 3.05) is 32.0 Å². The summed E-state index contributed by atoms with van der Waals surface area (Å²) in [6.45, 7) is 10.5. The molecule has 22 heavy (non-hydrogen) atoms. The molecule has 1 fully saturated rings. The predicted molar refractivity (Wildman–Crippen MR) is 89.1 cm³/mol. The topological polar surface area (TPSA) is 62.2 Å². The molecule has 124 valence electrons. The number of aryl methyl sites for hydroxylation is 1. The third-order valence-corrected chi connectivity index (χ3v) is 4.02. The molecule has 1 atom stereocenters. The number of aromatic nitrogens is 2. The molecule has 1 aliphatic rings. The van der Waals surface area contributed by atoms with Gasteiger partial charge in [0.1, 0.15) is 5.82 Å². The van der Waals surface area contributed by atoms with E-state index in [0.717, 1.165) is 31.0 Å². The Morgan fingerprint density at radius 2 is 2.18 bits per heavy atom. The molecule has 1 aromatic heterocycles. The van der Waals surface area contributed by atoms with Crippen molar-refractivity contribution in [3.8, 4) is 0 Å². The summed E-state index contributed by atoms with van der Waals surface area (Å²) in [5, 5.41) is 10.8. The van der Waals surface area contributed by atoms with Gasteiger partial charge >= 0.3 is 0 Å². The summed E-state index contributed by atoms with van der Waals surface area (Å²) in [5.74, 6) is 0.805. The summed E-state index contributed by atoms with van der Waals surface area (Å²) >= 11 is 0. The van der Waals surface area contributed by atoms with Gasteiger partial charge in [0.15, 0.2) is 0 Å².